The highest BCUT2D eigenvalue weighted by Crippen LogP contribution is 2.35. The molecular formula is C13H16N4O2S. The third-order valence-corrected chi connectivity index (χ3v) is 4.42. The van der Waals surface area contributed by atoms with E-state index in [-0.39, 0.29) is 16.7 Å². The van der Waals surface area contributed by atoms with E-state index in [0.29, 0.717) is 11.4 Å². The Balaban J connectivity index is 3.10. The minimum Gasteiger partial charge on any atom is -0.333 e. The third-order valence-electron chi connectivity index (χ3n) is 3.17. The molecule has 1 N–H and O–H groups in total. The summed E-state index contributed by atoms with van der Waals surface area (Å²) in [5, 5.41) is 20.8. The van der Waals surface area contributed by atoms with Crippen LogP contribution in [0.5, 0.6) is 0 Å². The van der Waals surface area contributed by atoms with Crippen LogP contribution >= 0.6 is 11.8 Å². The number of hydrogen-bond acceptors (Lipinski definition) is 5. The van der Waals surface area contributed by atoms with E-state index in [2.05, 4.69) is 5.32 Å². The number of thioether (sulfide) groups is 1. The van der Waals surface area contributed by atoms with Crippen LogP contribution in [0.3, 0.4) is 0 Å². The molecule has 2 atom stereocenters. The second-order valence-corrected chi connectivity index (χ2v) is 6.03. The van der Waals surface area contributed by atoms with Crippen molar-refractivity contribution in [2.24, 2.45) is 0 Å². The van der Waals surface area contributed by atoms with Gasteiger partial charge in [0.1, 0.15) is 22.2 Å². The lowest BCUT2D eigenvalue weighted by Gasteiger charge is -2.21. The van der Waals surface area contributed by atoms with Gasteiger partial charge in [-0.05, 0) is 20.3 Å². The van der Waals surface area contributed by atoms with Gasteiger partial charge in [0.2, 0.25) is 5.91 Å². The highest BCUT2D eigenvalue weighted by Gasteiger charge is 2.36. The van der Waals surface area contributed by atoms with Crippen LogP contribution in [0.2, 0.25) is 0 Å². The first-order valence-corrected chi connectivity index (χ1v) is 7.00. The van der Waals surface area contributed by atoms with Crippen LogP contribution in [0.4, 0.5) is 0 Å². The van der Waals surface area contributed by atoms with Gasteiger partial charge in [-0.15, -0.1) is 0 Å². The summed E-state index contributed by atoms with van der Waals surface area (Å²) >= 11 is 1.17. The first kappa shape index (κ1) is 16.1. The molecule has 0 bridgehead atoms. The van der Waals surface area contributed by atoms with Crippen LogP contribution in [-0.2, 0) is 9.59 Å². The van der Waals surface area contributed by atoms with Crippen molar-refractivity contribution >= 4 is 23.6 Å². The highest BCUT2D eigenvalue weighted by atomic mass is 32.2. The number of nitriles is 2. The fraction of sp³-hybridized carbons (Fsp3) is 0.538. The molecule has 7 heteroatoms. The normalized spacial score (nSPS) is 23.6. The first-order valence-electron chi connectivity index (χ1n) is 6.12. The second-order valence-electron chi connectivity index (χ2n) is 4.70. The van der Waals surface area contributed by atoms with Crippen LogP contribution in [0.15, 0.2) is 10.6 Å². The van der Waals surface area contributed by atoms with Crippen LogP contribution in [-0.4, -0.2) is 34.6 Å². The molecule has 20 heavy (non-hydrogen) atoms. The van der Waals surface area contributed by atoms with Gasteiger partial charge in [0.15, 0.2) is 0 Å². The van der Waals surface area contributed by atoms with Crippen molar-refractivity contribution in [2.75, 3.05) is 7.05 Å². The van der Waals surface area contributed by atoms with Crippen molar-refractivity contribution < 1.29 is 9.59 Å². The summed E-state index contributed by atoms with van der Waals surface area (Å²) < 4.78 is 0. The van der Waals surface area contributed by atoms with Gasteiger partial charge in [0.25, 0.3) is 5.91 Å². The standard InChI is InChI=1S/C13H16N4O2S/c1-5-13(3,7-15)16-10(18)9(6-14)12-17(4)11(19)8(2)20-12/h8H,5H2,1-4H3,(H,16,18)/b12-9-. The largest absolute Gasteiger partial charge is 0.333 e. The Bertz CT molecular complexity index is 558. The van der Waals surface area contributed by atoms with Crippen LogP contribution < -0.4 is 5.32 Å². The van der Waals surface area contributed by atoms with Crippen molar-refractivity contribution in [2.45, 2.75) is 38.0 Å². The molecule has 6 nitrogen and oxygen atoms in total. The van der Waals surface area contributed by atoms with Gasteiger partial charge < -0.3 is 10.2 Å². The number of carbonyl (C=O) groups is 2. The van der Waals surface area contributed by atoms with E-state index in [1.54, 1.807) is 20.8 Å². The van der Waals surface area contributed by atoms with Gasteiger partial charge in [-0.3, -0.25) is 9.59 Å². The maximum Gasteiger partial charge on any atom is 0.265 e. The van der Waals surface area contributed by atoms with Crippen LogP contribution in [0.1, 0.15) is 27.2 Å². The first-order chi connectivity index (χ1) is 9.29. The molecule has 2 amide bonds. The molecule has 0 spiro atoms. The van der Waals surface area contributed by atoms with E-state index < -0.39 is 11.4 Å². The van der Waals surface area contributed by atoms with E-state index in [4.69, 9.17) is 5.26 Å². The van der Waals surface area contributed by atoms with Crippen molar-refractivity contribution in [1.29, 1.82) is 10.5 Å². The lowest BCUT2D eigenvalue weighted by atomic mass is 10.0. The Morgan fingerprint density at radius 1 is 1.55 bits per heavy atom. The van der Waals surface area contributed by atoms with Gasteiger partial charge in [-0.1, -0.05) is 18.7 Å². The number of nitrogens with one attached hydrogen (secondary N) is 1. The number of nitrogens with zero attached hydrogens (tertiary/aromatic N) is 3. The molecule has 1 aliphatic rings. The summed E-state index contributed by atoms with van der Waals surface area (Å²) in [6.07, 6.45) is 0.418. The molecule has 1 saturated heterocycles. The molecule has 0 aromatic heterocycles. The highest BCUT2D eigenvalue weighted by molar-refractivity contribution is 8.04. The van der Waals surface area contributed by atoms with E-state index in [9.17, 15) is 14.9 Å². The maximum atomic E-state index is 12.2. The van der Waals surface area contributed by atoms with E-state index >= 15 is 0 Å². The monoisotopic (exact) mass is 292 g/mol. The number of rotatable bonds is 3. The zero-order chi connectivity index (χ0) is 15.5. The van der Waals surface area contributed by atoms with Crippen molar-refractivity contribution in [3.05, 3.63) is 10.6 Å². The molecule has 2 unspecified atom stereocenters. The fourth-order valence-electron chi connectivity index (χ4n) is 1.60. The van der Waals surface area contributed by atoms with Crippen molar-refractivity contribution in [3.8, 4) is 12.1 Å². The maximum absolute atomic E-state index is 12.2. The zero-order valence-corrected chi connectivity index (χ0v) is 12.7. The molecule has 1 aliphatic heterocycles. The summed E-state index contributed by atoms with van der Waals surface area (Å²) in [6, 6.07) is 3.84. The second kappa shape index (κ2) is 5.98. The van der Waals surface area contributed by atoms with Gasteiger partial charge in [-0.2, -0.15) is 10.5 Å². The SMILES string of the molecule is CCC(C)(C#N)NC(=O)/C(C#N)=C1\SC(C)C(=O)N1C. The van der Waals surface area contributed by atoms with Gasteiger partial charge >= 0.3 is 0 Å². The molecule has 106 valence electrons. The molecule has 1 rings (SSSR count). The van der Waals surface area contributed by atoms with Gasteiger partial charge in [0.05, 0.1) is 11.3 Å². The smallest absolute Gasteiger partial charge is 0.265 e. The van der Waals surface area contributed by atoms with E-state index in [0.717, 1.165) is 0 Å². The summed E-state index contributed by atoms with van der Waals surface area (Å²) in [6.45, 7) is 5.07. The minimum atomic E-state index is -1.03. The predicted octanol–water partition coefficient (Wildman–Crippen LogP) is 1.12. The Kier molecular flexibility index (Phi) is 4.80. The molecule has 0 saturated carbocycles. The summed E-state index contributed by atoms with van der Waals surface area (Å²) in [5.74, 6) is -0.779. The minimum absolute atomic E-state index is 0.134. The van der Waals surface area contributed by atoms with Crippen molar-refractivity contribution in [1.82, 2.24) is 10.2 Å². The molecule has 1 fully saturated rings. The summed E-state index contributed by atoms with van der Waals surface area (Å²) in [4.78, 5) is 25.2. The Labute approximate surface area is 122 Å². The summed E-state index contributed by atoms with van der Waals surface area (Å²) in [5.41, 5.74) is -1.16. The van der Waals surface area contributed by atoms with Gasteiger partial charge in [-0.25, -0.2) is 0 Å². The molecule has 1 heterocycles. The summed E-state index contributed by atoms with van der Waals surface area (Å²) in [7, 11) is 1.53. The van der Waals surface area contributed by atoms with E-state index in [1.807, 2.05) is 12.1 Å². The number of hydrogen-bond donors (Lipinski definition) is 1. The lowest BCUT2D eigenvalue weighted by molar-refractivity contribution is -0.126. The molecule has 0 aromatic carbocycles. The number of carbonyl (C=O) groups excluding carboxylic acids is 2. The van der Waals surface area contributed by atoms with Crippen LogP contribution in [0, 0.1) is 22.7 Å². The Hall–Kier alpha value is -1.99. The predicted molar refractivity (Wildman–Crippen MR) is 74.9 cm³/mol. The van der Waals surface area contributed by atoms with Crippen molar-refractivity contribution in [3.63, 3.8) is 0 Å². The quantitative estimate of drug-likeness (QED) is 0.621. The molecular weight excluding hydrogens is 276 g/mol. The van der Waals surface area contributed by atoms with E-state index in [1.165, 1.54) is 23.7 Å². The average molecular weight is 292 g/mol. The average Bonchev–Trinajstić information content (AvgIpc) is 2.67. The molecule has 0 radical (unpaired) electrons. The third kappa shape index (κ3) is 2.94. The molecule has 0 aromatic rings. The van der Waals surface area contributed by atoms with Gasteiger partial charge in [0, 0.05) is 7.05 Å². The fourth-order valence-corrected chi connectivity index (χ4v) is 2.70. The number of amides is 2. The van der Waals surface area contributed by atoms with Crippen LogP contribution in [0.25, 0.3) is 0 Å². The Morgan fingerprint density at radius 3 is 2.50 bits per heavy atom. The Morgan fingerprint density at radius 2 is 2.15 bits per heavy atom. The topological polar surface area (TPSA) is 97.0 Å². The molecule has 0 aliphatic carbocycles. The zero-order valence-electron chi connectivity index (χ0n) is 11.9. The lowest BCUT2D eigenvalue weighted by Crippen LogP contribution is -2.45.